The summed E-state index contributed by atoms with van der Waals surface area (Å²) in [5.41, 5.74) is 1.18. The second kappa shape index (κ2) is 7.37. The highest BCUT2D eigenvalue weighted by Gasteiger charge is 2.08. The molecule has 2 nitrogen and oxygen atoms in total. The molecule has 96 valence electrons. The number of halogens is 2. The lowest BCUT2D eigenvalue weighted by Gasteiger charge is -2.21. The third-order valence-electron chi connectivity index (χ3n) is 2.63. The fourth-order valence-electron chi connectivity index (χ4n) is 1.95. The van der Waals surface area contributed by atoms with Crippen molar-refractivity contribution in [3.8, 4) is 0 Å². The van der Waals surface area contributed by atoms with Crippen molar-refractivity contribution < 1.29 is 0 Å². The molecule has 0 bridgehead atoms. The maximum atomic E-state index is 6.20. The molecule has 0 aliphatic rings. The van der Waals surface area contributed by atoms with Crippen molar-refractivity contribution in [1.82, 2.24) is 10.2 Å². The van der Waals surface area contributed by atoms with Crippen LogP contribution in [-0.2, 0) is 6.54 Å². The lowest BCUT2D eigenvalue weighted by molar-refractivity contribution is 0.276. The Balaban J connectivity index is 2.52. The average Bonchev–Trinajstić information content (AvgIpc) is 2.22. The van der Waals surface area contributed by atoms with E-state index in [1.165, 1.54) is 5.56 Å². The Labute approximate surface area is 117 Å². The standard InChI is InChI=1S/C13H20BrClN2/c1-10(7-16-2)8-17(3)9-11-4-5-12(14)6-13(11)15/h4-6,10,16H,7-9H2,1-3H3. The summed E-state index contributed by atoms with van der Waals surface area (Å²) in [6.07, 6.45) is 0. The molecule has 4 heteroatoms. The van der Waals surface area contributed by atoms with Gasteiger partial charge in [-0.15, -0.1) is 0 Å². The quantitative estimate of drug-likeness (QED) is 0.864. The zero-order chi connectivity index (χ0) is 12.8. The van der Waals surface area contributed by atoms with Gasteiger partial charge in [0.05, 0.1) is 0 Å². The molecule has 1 unspecified atom stereocenters. The van der Waals surface area contributed by atoms with Gasteiger partial charge in [-0.25, -0.2) is 0 Å². The van der Waals surface area contributed by atoms with Crippen LogP contribution in [0.5, 0.6) is 0 Å². The van der Waals surface area contributed by atoms with Gasteiger partial charge >= 0.3 is 0 Å². The van der Waals surface area contributed by atoms with Gasteiger partial charge in [-0.05, 0) is 44.3 Å². The van der Waals surface area contributed by atoms with E-state index < -0.39 is 0 Å². The fourth-order valence-corrected chi connectivity index (χ4v) is 2.68. The van der Waals surface area contributed by atoms with Gasteiger partial charge in [-0.3, -0.25) is 0 Å². The van der Waals surface area contributed by atoms with Crippen LogP contribution in [0.4, 0.5) is 0 Å². The summed E-state index contributed by atoms with van der Waals surface area (Å²) in [5, 5.41) is 4.02. The highest BCUT2D eigenvalue weighted by Crippen LogP contribution is 2.22. The second-order valence-corrected chi connectivity index (χ2v) is 5.92. The van der Waals surface area contributed by atoms with E-state index in [4.69, 9.17) is 11.6 Å². The lowest BCUT2D eigenvalue weighted by atomic mass is 10.1. The summed E-state index contributed by atoms with van der Waals surface area (Å²) in [6.45, 7) is 5.24. The second-order valence-electron chi connectivity index (χ2n) is 4.60. The highest BCUT2D eigenvalue weighted by atomic mass is 79.9. The molecule has 0 heterocycles. The zero-order valence-corrected chi connectivity index (χ0v) is 13.0. The zero-order valence-electron chi connectivity index (χ0n) is 10.6. The van der Waals surface area contributed by atoms with Crippen LogP contribution in [-0.4, -0.2) is 32.1 Å². The topological polar surface area (TPSA) is 15.3 Å². The van der Waals surface area contributed by atoms with Gasteiger partial charge in [0, 0.05) is 22.6 Å². The average molecular weight is 320 g/mol. The first-order valence-electron chi connectivity index (χ1n) is 5.80. The third-order valence-corrected chi connectivity index (χ3v) is 3.48. The lowest BCUT2D eigenvalue weighted by Crippen LogP contribution is -2.29. The van der Waals surface area contributed by atoms with Gasteiger partial charge in [0.1, 0.15) is 0 Å². The number of nitrogens with one attached hydrogen (secondary N) is 1. The molecular formula is C13H20BrClN2. The predicted octanol–water partition coefficient (Wildman–Crippen LogP) is 3.39. The van der Waals surface area contributed by atoms with Gasteiger partial charge < -0.3 is 10.2 Å². The molecule has 0 aliphatic carbocycles. The Hall–Kier alpha value is -0.0900. The van der Waals surface area contributed by atoms with E-state index in [9.17, 15) is 0 Å². The van der Waals surface area contributed by atoms with E-state index in [0.717, 1.165) is 29.1 Å². The molecule has 0 saturated heterocycles. The van der Waals surface area contributed by atoms with Crippen LogP contribution in [0.25, 0.3) is 0 Å². The summed E-state index contributed by atoms with van der Waals surface area (Å²) < 4.78 is 1.03. The van der Waals surface area contributed by atoms with Crippen molar-refractivity contribution in [2.45, 2.75) is 13.5 Å². The van der Waals surface area contributed by atoms with Crippen LogP contribution in [0.15, 0.2) is 22.7 Å². The van der Waals surface area contributed by atoms with Crippen molar-refractivity contribution in [3.63, 3.8) is 0 Å². The Bertz CT molecular complexity index is 357. The summed E-state index contributed by atoms with van der Waals surface area (Å²) in [5.74, 6) is 0.638. The molecule has 1 rings (SSSR count). The predicted molar refractivity (Wildman–Crippen MR) is 78.6 cm³/mol. The molecule has 1 N–H and O–H groups in total. The summed E-state index contributed by atoms with van der Waals surface area (Å²) >= 11 is 9.62. The molecule has 1 atom stereocenters. The van der Waals surface area contributed by atoms with E-state index in [0.29, 0.717) is 5.92 Å². The van der Waals surface area contributed by atoms with Crippen molar-refractivity contribution >= 4 is 27.5 Å². The van der Waals surface area contributed by atoms with Gasteiger partial charge in [-0.1, -0.05) is 40.5 Å². The molecule has 0 aromatic heterocycles. The first-order valence-corrected chi connectivity index (χ1v) is 6.97. The summed E-state index contributed by atoms with van der Waals surface area (Å²) in [7, 11) is 4.12. The van der Waals surface area contributed by atoms with E-state index >= 15 is 0 Å². The van der Waals surface area contributed by atoms with E-state index in [2.05, 4.69) is 46.2 Å². The van der Waals surface area contributed by atoms with Crippen molar-refractivity contribution in [1.29, 1.82) is 0 Å². The van der Waals surface area contributed by atoms with Crippen LogP contribution in [0, 0.1) is 5.92 Å². The minimum atomic E-state index is 0.638. The Morgan fingerprint density at radius 3 is 2.76 bits per heavy atom. The molecule has 0 spiro atoms. The monoisotopic (exact) mass is 318 g/mol. The van der Waals surface area contributed by atoms with Crippen LogP contribution in [0.1, 0.15) is 12.5 Å². The summed E-state index contributed by atoms with van der Waals surface area (Å²) in [4.78, 5) is 2.30. The van der Waals surface area contributed by atoms with Crippen molar-refractivity contribution in [3.05, 3.63) is 33.3 Å². The fraction of sp³-hybridized carbons (Fsp3) is 0.538. The SMILES string of the molecule is CNCC(C)CN(C)Cc1ccc(Br)cc1Cl. The maximum Gasteiger partial charge on any atom is 0.0462 e. The van der Waals surface area contributed by atoms with E-state index in [-0.39, 0.29) is 0 Å². The summed E-state index contributed by atoms with van der Waals surface area (Å²) in [6, 6.07) is 6.06. The molecule has 17 heavy (non-hydrogen) atoms. The number of rotatable bonds is 6. The van der Waals surface area contributed by atoms with Crippen LogP contribution >= 0.6 is 27.5 Å². The van der Waals surface area contributed by atoms with Crippen molar-refractivity contribution in [2.24, 2.45) is 5.92 Å². The Kier molecular flexibility index (Phi) is 6.49. The Morgan fingerprint density at radius 2 is 2.18 bits per heavy atom. The first-order chi connectivity index (χ1) is 8.02. The first kappa shape index (κ1) is 15.0. The molecule has 1 aromatic carbocycles. The largest absolute Gasteiger partial charge is 0.319 e. The van der Waals surface area contributed by atoms with Gasteiger partial charge in [-0.2, -0.15) is 0 Å². The highest BCUT2D eigenvalue weighted by molar-refractivity contribution is 9.10. The number of benzene rings is 1. The number of hydrogen-bond acceptors (Lipinski definition) is 2. The van der Waals surface area contributed by atoms with Crippen LogP contribution in [0.3, 0.4) is 0 Å². The van der Waals surface area contributed by atoms with E-state index in [1.807, 2.05) is 19.2 Å². The molecular weight excluding hydrogens is 300 g/mol. The van der Waals surface area contributed by atoms with Gasteiger partial charge in [0.2, 0.25) is 0 Å². The molecule has 0 aliphatic heterocycles. The van der Waals surface area contributed by atoms with Crippen molar-refractivity contribution in [2.75, 3.05) is 27.2 Å². The molecule has 0 amide bonds. The van der Waals surface area contributed by atoms with Crippen LogP contribution in [0.2, 0.25) is 5.02 Å². The minimum absolute atomic E-state index is 0.638. The van der Waals surface area contributed by atoms with E-state index in [1.54, 1.807) is 0 Å². The Morgan fingerprint density at radius 1 is 1.47 bits per heavy atom. The third kappa shape index (κ3) is 5.38. The van der Waals surface area contributed by atoms with Gasteiger partial charge in [0.25, 0.3) is 0 Å². The van der Waals surface area contributed by atoms with Crippen LogP contribution < -0.4 is 5.32 Å². The normalized spacial score (nSPS) is 13.1. The smallest absolute Gasteiger partial charge is 0.0462 e. The molecule has 0 radical (unpaired) electrons. The number of nitrogens with zero attached hydrogens (tertiary/aromatic N) is 1. The molecule has 1 aromatic rings. The van der Waals surface area contributed by atoms with Gasteiger partial charge in [0.15, 0.2) is 0 Å². The maximum absolute atomic E-state index is 6.20. The molecule has 0 saturated carbocycles. The minimum Gasteiger partial charge on any atom is -0.319 e. The molecule has 0 fully saturated rings. The number of hydrogen-bond donors (Lipinski definition) is 1.